The zero-order chi connectivity index (χ0) is 11.5. The zero-order valence-corrected chi connectivity index (χ0v) is 10.9. The number of hydrogen-bond acceptors (Lipinski definition) is 2. The lowest BCUT2D eigenvalue weighted by molar-refractivity contribution is -0.319. The van der Waals surface area contributed by atoms with E-state index in [4.69, 9.17) is 9.47 Å². The maximum Gasteiger partial charge on any atom is 0.165 e. The second-order valence-electron chi connectivity index (χ2n) is 5.63. The Morgan fingerprint density at radius 3 is 2.40 bits per heavy atom. The van der Waals surface area contributed by atoms with Gasteiger partial charge in [-0.05, 0) is 20.3 Å². The summed E-state index contributed by atoms with van der Waals surface area (Å²) in [5.74, 6) is -0.343. The van der Waals surface area contributed by atoms with Crippen LogP contribution in [0.5, 0.6) is 0 Å². The Bertz CT molecular complexity index is 201. The van der Waals surface area contributed by atoms with Gasteiger partial charge in [0.15, 0.2) is 5.79 Å². The molecule has 2 heteroatoms. The maximum atomic E-state index is 6.01. The molecular weight excluding hydrogens is 188 g/mol. The highest BCUT2D eigenvalue weighted by Gasteiger charge is 2.41. The van der Waals surface area contributed by atoms with Gasteiger partial charge >= 0.3 is 0 Å². The third-order valence-corrected chi connectivity index (χ3v) is 3.51. The van der Waals surface area contributed by atoms with Gasteiger partial charge < -0.3 is 9.47 Å². The summed E-state index contributed by atoms with van der Waals surface area (Å²) >= 11 is 0. The van der Waals surface area contributed by atoms with Gasteiger partial charge in [-0.2, -0.15) is 0 Å². The van der Waals surface area contributed by atoms with Gasteiger partial charge in [-0.1, -0.05) is 33.6 Å². The minimum atomic E-state index is -0.343. The standard InChI is InChI=1S/C13H26O2/c1-6-7-8-9-13(5)14-10-12(3,4)11(2)15-13/h11H,6-10H2,1-5H3. The van der Waals surface area contributed by atoms with Crippen molar-refractivity contribution in [3.8, 4) is 0 Å². The lowest BCUT2D eigenvalue weighted by Gasteiger charge is -2.46. The summed E-state index contributed by atoms with van der Waals surface area (Å²) < 4.78 is 11.9. The van der Waals surface area contributed by atoms with E-state index < -0.39 is 0 Å². The van der Waals surface area contributed by atoms with Crippen LogP contribution in [0, 0.1) is 5.41 Å². The van der Waals surface area contributed by atoms with Crippen molar-refractivity contribution in [1.82, 2.24) is 0 Å². The van der Waals surface area contributed by atoms with Crippen molar-refractivity contribution in [3.05, 3.63) is 0 Å². The zero-order valence-electron chi connectivity index (χ0n) is 10.9. The first-order chi connectivity index (χ1) is 6.90. The lowest BCUT2D eigenvalue weighted by Crippen LogP contribution is -2.50. The van der Waals surface area contributed by atoms with Crippen LogP contribution in [0.4, 0.5) is 0 Å². The van der Waals surface area contributed by atoms with Crippen molar-refractivity contribution in [2.24, 2.45) is 5.41 Å². The van der Waals surface area contributed by atoms with Crippen LogP contribution in [-0.2, 0) is 9.47 Å². The first-order valence-electron chi connectivity index (χ1n) is 6.21. The summed E-state index contributed by atoms with van der Waals surface area (Å²) in [5.41, 5.74) is 0.143. The topological polar surface area (TPSA) is 18.5 Å². The van der Waals surface area contributed by atoms with E-state index >= 15 is 0 Å². The molecule has 1 aliphatic rings. The molecule has 0 bridgehead atoms. The highest BCUT2D eigenvalue weighted by Crippen LogP contribution is 2.36. The van der Waals surface area contributed by atoms with E-state index in [9.17, 15) is 0 Å². The second-order valence-corrected chi connectivity index (χ2v) is 5.63. The molecule has 0 aliphatic carbocycles. The number of hydrogen-bond donors (Lipinski definition) is 0. The van der Waals surface area contributed by atoms with Gasteiger partial charge in [-0.15, -0.1) is 0 Å². The van der Waals surface area contributed by atoms with Crippen LogP contribution in [0.1, 0.15) is 60.3 Å². The van der Waals surface area contributed by atoms with E-state index in [2.05, 4.69) is 34.6 Å². The third kappa shape index (κ3) is 3.46. The molecule has 0 radical (unpaired) electrons. The van der Waals surface area contributed by atoms with Gasteiger partial charge in [-0.25, -0.2) is 0 Å². The molecule has 15 heavy (non-hydrogen) atoms. The van der Waals surface area contributed by atoms with E-state index in [1.54, 1.807) is 0 Å². The fourth-order valence-electron chi connectivity index (χ4n) is 1.85. The Morgan fingerprint density at radius 1 is 1.20 bits per heavy atom. The van der Waals surface area contributed by atoms with Crippen molar-refractivity contribution in [2.75, 3.05) is 6.61 Å². The van der Waals surface area contributed by atoms with Crippen LogP contribution in [0.25, 0.3) is 0 Å². The average molecular weight is 214 g/mol. The molecule has 0 aromatic heterocycles. The molecule has 2 atom stereocenters. The Balaban J connectivity index is 2.44. The van der Waals surface area contributed by atoms with Gasteiger partial charge in [0.2, 0.25) is 0 Å². The van der Waals surface area contributed by atoms with Crippen LogP contribution in [0.15, 0.2) is 0 Å². The van der Waals surface area contributed by atoms with Gasteiger partial charge in [0, 0.05) is 11.8 Å². The molecule has 90 valence electrons. The van der Waals surface area contributed by atoms with Crippen molar-refractivity contribution in [2.45, 2.75) is 72.2 Å². The SMILES string of the molecule is CCCCCC1(C)OCC(C)(C)C(C)O1. The van der Waals surface area contributed by atoms with Gasteiger partial charge in [-0.3, -0.25) is 0 Å². The van der Waals surface area contributed by atoms with E-state index in [1.165, 1.54) is 19.3 Å². The first-order valence-corrected chi connectivity index (χ1v) is 6.21. The molecule has 1 aliphatic heterocycles. The van der Waals surface area contributed by atoms with Crippen LogP contribution in [-0.4, -0.2) is 18.5 Å². The molecular formula is C13H26O2. The van der Waals surface area contributed by atoms with Crippen LogP contribution in [0.2, 0.25) is 0 Å². The molecule has 2 unspecified atom stereocenters. The normalized spacial score (nSPS) is 35.4. The lowest BCUT2D eigenvalue weighted by atomic mass is 9.86. The molecule has 0 spiro atoms. The predicted octanol–water partition coefficient (Wildman–Crippen LogP) is 3.74. The van der Waals surface area contributed by atoms with Crippen LogP contribution >= 0.6 is 0 Å². The van der Waals surface area contributed by atoms with Crippen LogP contribution in [0.3, 0.4) is 0 Å². The monoisotopic (exact) mass is 214 g/mol. The minimum Gasteiger partial charge on any atom is -0.350 e. The second kappa shape index (κ2) is 4.84. The number of ether oxygens (including phenoxy) is 2. The predicted molar refractivity (Wildman–Crippen MR) is 62.8 cm³/mol. The Labute approximate surface area is 94.3 Å². The quantitative estimate of drug-likeness (QED) is 0.664. The van der Waals surface area contributed by atoms with Gasteiger partial charge in [0.25, 0.3) is 0 Å². The molecule has 0 aromatic rings. The minimum absolute atomic E-state index is 0.143. The third-order valence-electron chi connectivity index (χ3n) is 3.51. The average Bonchev–Trinajstić information content (AvgIpc) is 2.14. The maximum absolute atomic E-state index is 6.01. The summed E-state index contributed by atoms with van der Waals surface area (Å²) in [4.78, 5) is 0. The first kappa shape index (κ1) is 13.0. The highest BCUT2D eigenvalue weighted by atomic mass is 16.7. The molecule has 0 amide bonds. The fraction of sp³-hybridized carbons (Fsp3) is 1.00. The van der Waals surface area contributed by atoms with Gasteiger partial charge in [0.1, 0.15) is 0 Å². The summed E-state index contributed by atoms with van der Waals surface area (Å²) in [6.07, 6.45) is 5.00. The van der Waals surface area contributed by atoms with Crippen LogP contribution < -0.4 is 0 Å². The van der Waals surface area contributed by atoms with Crippen molar-refractivity contribution >= 4 is 0 Å². The molecule has 2 nitrogen and oxygen atoms in total. The molecule has 0 aromatic carbocycles. The van der Waals surface area contributed by atoms with Crippen molar-refractivity contribution in [3.63, 3.8) is 0 Å². The van der Waals surface area contributed by atoms with E-state index in [1.807, 2.05) is 0 Å². The summed E-state index contributed by atoms with van der Waals surface area (Å²) in [7, 11) is 0. The molecule has 1 saturated heterocycles. The number of rotatable bonds is 4. The molecule has 1 fully saturated rings. The van der Waals surface area contributed by atoms with E-state index in [0.29, 0.717) is 0 Å². The van der Waals surface area contributed by atoms with Crippen molar-refractivity contribution < 1.29 is 9.47 Å². The molecule has 1 rings (SSSR count). The largest absolute Gasteiger partial charge is 0.350 e. The fourth-order valence-corrected chi connectivity index (χ4v) is 1.85. The highest BCUT2D eigenvalue weighted by molar-refractivity contribution is 4.83. The Morgan fingerprint density at radius 2 is 1.87 bits per heavy atom. The summed E-state index contributed by atoms with van der Waals surface area (Å²) in [5, 5.41) is 0. The Kier molecular flexibility index (Phi) is 4.19. The Hall–Kier alpha value is -0.0800. The van der Waals surface area contributed by atoms with E-state index in [0.717, 1.165) is 13.0 Å². The van der Waals surface area contributed by atoms with Gasteiger partial charge in [0.05, 0.1) is 12.7 Å². The van der Waals surface area contributed by atoms with Crippen molar-refractivity contribution in [1.29, 1.82) is 0 Å². The number of unbranched alkanes of at least 4 members (excludes halogenated alkanes) is 2. The molecule has 0 saturated carbocycles. The summed E-state index contributed by atoms with van der Waals surface area (Å²) in [6.45, 7) is 11.6. The molecule has 1 heterocycles. The molecule has 0 N–H and O–H groups in total. The van der Waals surface area contributed by atoms with E-state index in [-0.39, 0.29) is 17.3 Å². The summed E-state index contributed by atoms with van der Waals surface area (Å²) in [6, 6.07) is 0. The smallest absolute Gasteiger partial charge is 0.165 e.